The van der Waals surface area contributed by atoms with Crippen LogP contribution in [0.3, 0.4) is 0 Å². The van der Waals surface area contributed by atoms with Gasteiger partial charge >= 0.3 is 7.32 Å². The average molecular weight is 288 g/mol. The van der Waals surface area contributed by atoms with E-state index in [2.05, 4.69) is 24.3 Å². The van der Waals surface area contributed by atoms with Crippen LogP contribution in [0.4, 0.5) is 0 Å². The van der Waals surface area contributed by atoms with E-state index in [0.29, 0.717) is 5.75 Å². The van der Waals surface area contributed by atoms with Crippen LogP contribution in [-0.2, 0) is 0 Å². The fourth-order valence-corrected chi connectivity index (χ4v) is 2.97. The largest absolute Gasteiger partial charge is 0.707 e. The smallest absolute Gasteiger partial charge is 0.511 e. The van der Waals surface area contributed by atoms with Gasteiger partial charge in [0.05, 0.1) is 0 Å². The Morgan fingerprint density at radius 3 is 2.00 bits per heavy atom. The van der Waals surface area contributed by atoms with Crippen molar-refractivity contribution in [2.45, 2.75) is 0 Å². The second-order valence-corrected chi connectivity index (χ2v) is 5.28. The Balaban J connectivity index is 2.14. The minimum Gasteiger partial charge on any atom is -0.511 e. The minimum absolute atomic E-state index is 0.466. The molecule has 0 aliphatic heterocycles. The van der Waals surface area contributed by atoms with E-state index < -0.39 is 7.32 Å². The maximum atomic E-state index is 9.14. The van der Waals surface area contributed by atoms with Crippen molar-refractivity contribution in [1.82, 2.24) is 0 Å². The number of hydrogen-bond donors (Lipinski definition) is 2. The van der Waals surface area contributed by atoms with Crippen LogP contribution in [0.2, 0.25) is 0 Å². The van der Waals surface area contributed by atoms with Crippen molar-refractivity contribution in [2.24, 2.45) is 0 Å². The van der Waals surface area contributed by atoms with Crippen LogP contribution in [0.15, 0.2) is 66.7 Å². The van der Waals surface area contributed by atoms with Crippen LogP contribution < -0.4 is 4.65 Å². The lowest BCUT2D eigenvalue weighted by Crippen LogP contribution is -2.20. The van der Waals surface area contributed by atoms with Crippen molar-refractivity contribution in [3.63, 3.8) is 0 Å². The lowest BCUT2D eigenvalue weighted by Gasteiger charge is -2.12. The summed E-state index contributed by atoms with van der Waals surface area (Å²) in [6.07, 6.45) is 0. The summed E-state index contributed by atoms with van der Waals surface area (Å²) in [6, 6.07) is 22.1. The van der Waals surface area contributed by atoms with E-state index in [1.54, 1.807) is 0 Å². The predicted molar refractivity (Wildman–Crippen MR) is 89.8 cm³/mol. The topological polar surface area (TPSA) is 49.7 Å². The highest BCUT2D eigenvalue weighted by atomic mass is 16.6. The van der Waals surface area contributed by atoms with E-state index in [4.69, 9.17) is 14.7 Å². The third kappa shape index (κ3) is 2.10. The first-order chi connectivity index (χ1) is 10.7. The summed E-state index contributed by atoms with van der Waals surface area (Å²) in [5.74, 6) is 0.466. The zero-order valence-electron chi connectivity index (χ0n) is 11.7. The third-order valence-electron chi connectivity index (χ3n) is 3.92. The van der Waals surface area contributed by atoms with Crippen LogP contribution >= 0.6 is 0 Å². The van der Waals surface area contributed by atoms with Gasteiger partial charge in [0.15, 0.2) is 0 Å². The number of fused-ring (bicyclic) bond motifs is 4. The van der Waals surface area contributed by atoms with E-state index in [-0.39, 0.29) is 0 Å². The molecule has 0 fully saturated rings. The Kier molecular flexibility index (Phi) is 3.00. The molecule has 22 heavy (non-hydrogen) atoms. The Bertz CT molecular complexity index is 995. The van der Waals surface area contributed by atoms with E-state index in [1.807, 2.05) is 42.5 Å². The first-order valence-electron chi connectivity index (χ1n) is 7.09. The van der Waals surface area contributed by atoms with Gasteiger partial charge in [-0.05, 0) is 45.1 Å². The van der Waals surface area contributed by atoms with Gasteiger partial charge in [0.25, 0.3) is 0 Å². The van der Waals surface area contributed by atoms with Crippen molar-refractivity contribution in [1.29, 1.82) is 0 Å². The van der Waals surface area contributed by atoms with Crippen molar-refractivity contribution < 1.29 is 14.7 Å². The monoisotopic (exact) mass is 288 g/mol. The van der Waals surface area contributed by atoms with Gasteiger partial charge < -0.3 is 14.7 Å². The summed E-state index contributed by atoms with van der Waals surface area (Å²) in [7, 11) is -1.83. The molecule has 0 aliphatic carbocycles. The maximum absolute atomic E-state index is 9.14. The van der Waals surface area contributed by atoms with E-state index in [1.165, 1.54) is 5.39 Å². The van der Waals surface area contributed by atoms with Gasteiger partial charge in [-0.15, -0.1) is 0 Å². The van der Waals surface area contributed by atoms with Crippen molar-refractivity contribution >= 4 is 39.6 Å². The lowest BCUT2D eigenvalue weighted by atomic mass is 9.97. The van der Waals surface area contributed by atoms with Gasteiger partial charge in [0.2, 0.25) is 0 Å². The molecule has 0 unspecified atom stereocenters. The summed E-state index contributed by atoms with van der Waals surface area (Å²) in [5, 5.41) is 24.6. The Morgan fingerprint density at radius 2 is 1.27 bits per heavy atom. The molecule has 0 spiro atoms. The van der Waals surface area contributed by atoms with Gasteiger partial charge in [-0.3, -0.25) is 0 Å². The quantitative estimate of drug-likeness (QED) is 0.337. The van der Waals surface area contributed by atoms with Crippen LogP contribution in [0.5, 0.6) is 5.75 Å². The molecule has 106 valence electrons. The molecule has 0 amide bonds. The molecule has 0 bridgehead atoms. The molecule has 4 aromatic rings. The molecule has 2 N–H and O–H groups in total. The maximum Gasteiger partial charge on any atom is 0.707 e. The number of benzene rings is 4. The van der Waals surface area contributed by atoms with Crippen molar-refractivity contribution in [3.05, 3.63) is 66.7 Å². The van der Waals surface area contributed by atoms with Crippen LogP contribution in [0.25, 0.3) is 32.3 Å². The SMILES string of the molecule is OB(O)Oc1cc2cc3ccccc3cc2c2ccccc12. The standard InChI is InChI=1S/C18H13BO3/c20-19(21)22-18-11-14-9-12-5-1-2-6-13(12)10-17(14)15-7-3-4-8-16(15)18/h1-11,20-21H. The molecule has 0 saturated heterocycles. The predicted octanol–water partition coefficient (Wildman–Crippen LogP) is 3.49. The normalized spacial score (nSPS) is 11.2. The highest BCUT2D eigenvalue weighted by Crippen LogP contribution is 2.35. The second-order valence-electron chi connectivity index (χ2n) is 5.28. The van der Waals surface area contributed by atoms with Crippen LogP contribution in [0.1, 0.15) is 0 Å². The van der Waals surface area contributed by atoms with Crippen molar-refractivity contribution in [2.75, 3.05) is 0 Å². The highest BCUT2D eigenvalue weighted by molar-refractivity contribution is 6.34. The average Bonchev–Trinajstić information content (AvgIpc) is 2.53. The molecule has 0 aliphatic rings. The first-order valence-corrected chi connectivity index (χ1v) is 7.09. The second kappa shape index (κ2) is 5.02. The van der Waals surface area contributed by atoms with Gasteiger partial charge in [-0.1, -0.05) is 48.5 Å². The number of hydrogen-bond acceptors (Lipinski definition) is 3. The molecule has 0 heterocycles. The van der Waals surface area contributed by atoms with Crippen molar-refractivity contribution in [3.8, 4) is 5.75 Å². The zero-order valence-corrected chi connectivity index (χ0v) is 11.7. The first kappa shape index (κ1) is 13.1. The van der Waals surface area contributed by atoms with Gasteiger partial charge in [-0.2, -0.15) is 0 Å². The van der Waals surface area contributed by atoms with Gasteiger partial charge in [0, 0.05) is 5.39 Å². The Hall–Kier alpha value is -2.56. The molecule has 4 rings (SSSR count). The summed E-state index contributed by atoms with van der Waals surface area (Å²) >= 11 is 0. The highest BCUT2D eigenvalue weighted by Gasteiger charge is 2.15. The summed E-state index contributed by atoms with van der Waals surface area (Å²) in [6.45, 7) is 0. The molecule has 4 heteroatoms. The Morgan fingerprint density at radius 1 is 0.636 bits per heavy atom. The van der Waals surface area contributed by atoms with Gasteiger partial charge in [0.1, 0.15) is 5.75 Å². The van der Waals surface area contributed by atoms with E-state index >= 15 is 0 Å². The van der Waals surface area contributed by atoms with E-state index in [9.17, 15) is 0 Å². The Labute approximate surface area is 127 Å². The van der Waals surface area contributed by atoms with Gasteiger partial charge in [-0.25, -0.2) is 0 Å². The fourth-order valence-electron chi connectivity index (χ4n) is 2.97. The third-order valence-corrected chi connectivity index (χ3v) is 3.92. The molecule has 0 radical (unpaired) electrons. The zero-order chi connectivity index (χ0) is 15.1. The van der Waals surface area contributed by atoms with Crippen LogP contribution in [0, 0.1) is 0 Å². The molecular weight excluding hydrogens is 275 g/mol. The molecule has 0 aromatic heterocycles. The lowest BCUT2D eigenvalue weighted by molar-refractivity contribution is 0.290. The molecular formula is C18H13BO3. The fraction of sp³-hybridized carbons (Fsp3) is 0. The molecule has 0 saturated carbocycles. The summed E-state index contributed by atoms with van der Waals surface area (Å²) < 4.78 is 5.16. The number of rotatable bonds is 2. The summed E-state index contributed by atoms with van der Waals surface area (Å²) in [5.41, 5.74) is 0. The molecule has 0 atom stereocenters. The molecule has 4 aromatic carbocycles. The minimum atomic E-state index is -1.83. The summed E-state index contributed by atoms with van der Waals surface area (Å²) in [4.78, 5) is 0. The van der Waals surface area contributed by atoms with Crippen LogP contribution in [-0.4, -0.2) is 17.4 Å². The molecule has 3 nitrogen and oxygen atoms in total. The van der Waals surface area contributed by atoms with E-state index in [0.717, 1.165) is 26.9 Å².